The van der Waals surface area contributed by atoms with E-state index in [1.807, 2.05) is 11.0 Å². The molecule has 2 fully saturated rings. The average Bonchev–Trinajstić information content (AvgIpc) is 2.96. The van der Waals surface area contributed by atoms with E-state index in [1.54, 1.807) is 12.1 Å². The minimum absolute atomic E-state index is 0.0497. The van der Waals surface area contributed by atoms with Gasteiger partial charge in [-0.1, -0.05) is 13.0 Å². The van der Waals surface area contributed by atoms with Gasteiger partial charge in [0.1, 0.15) is 6.04 Å². The summed E-state index contributed by atoms with van der Waals surface area (Å²) in [6.45, 7) is 4.22. The molecule has 1 aromatic rings. The third kappa shape index (κ3) is 3.23. The van der Waals surface area contributed by atoms with E-state index >= 15 is 0 Å². The fourth-order valence-electron chi connectivity index (χ4n) is 4.07. The van der Waals surface area contributed by atoms with Gasteiger partial charge in [-0.15, -0.1) is 0 Å². The third-order valence-electron chi connectivity index (χ3n) is 5.90. The zero-order chi connectivity index (χ0) is 19.8. The van der Waals surface area contributed by atoms with Gasteiger partial charge in [0.2, 0.25) is 17.7 Å². The zero-order valence-corrected chi connectivity index (χ0v) is 15.9. The Morgan fingerprint density at radius 2 is 2.04 bits per heavy atom. The van der Waals surface area contributed by atoms with Crippen LogP contribution < -0.4 is 10.6 Å². The molecule has 1 atom stereocenters. The molecule has 3 heterocycles. The molecule has 2 N–H and O–H groups in total. The number of carbonyl (C=O) groups excluding carboxylic acids is 4. The van der Waals surface area contributed by atoms with Crippen molar-refractivity contribution >= 4 is 29.3 Å². The summed E-state index contributed by atoms with van der Waals surface area (Å²) in [5.41, 5.74) is 2.07. The zero-order valence-electron chi connectivity index (χ0n) is 15.9. The minimum Gasteiger partial charge on any atom is -0.376 e. The Labute approximate surface area is 163 Å². The number of piperidine rings is 1. The number of nitrogens with one attached hydrogen (secondary N) is 2. The van der Waals surface area contributed by atoms with Gasteiger partial charge < -0.3 is 15.1 Å². The first-order chi connectivity index (χ1) is 13.5. The summed E-state index contributed by atoms with van der Waals surface area (Å²) in [6, 6.07) is 4.71. The van der Waals surface area contributed by atoms with Crippen molar-refractivity contribution in [3.63, 3.8) is 0 Å². The van der Waals surface area contributed by atoms with Crippen LogP contribution in [0.5, 0.6) is 0 Å². The quantitative estimate of drug-likeness (QED) is 0.729. The van der Waals surface area contributed by atoms with Gasteiger partial charge in [0, 0.05) is 42.9 Å². The Hall–Kier alpha value is -2.90. The van der Waals surface area contributed by atoms with Crippen molar-refractivity contribution in [3.05, 3.63) is 29.3 Å². The number of anilines is 1. The molecule has 0 bridgehead atoms. The fourth-order valence-corrected chi connectivity index (χ4v) is 4.07. The highest BCUT2D eigenvalue weighted by Gasteiger charge is 2.40. The highest BCUT2D eigenvalue weighted by molar-refractivity contribution is 6.06. The largest absolute Gasteiger partial charge is 0.376 e. The number of amides is 4. The van der Waals surface area contributed by atoms with Crippen LogP contribution >= 0.6 is 0 Å². The number of likely N-dealkylation sites (tertiary alicyclic amines) is 1. The number of fused-ring (bicyclic) bond motifs is 1. The van der Waals surface area contributed by atoms with Gasteiger partial charge in [-0.2, -0.15) is 0 Å². The molecule has 0 spiro atoms. The number of rotatable bonds is 5. The maximum atomic E-state index is 12.8. The third-order valence-corrected chi connectivity index (χ3v) is 5.90. The van der Waals surface area contributed by atoms with Crippen LogP contribution in [0.2, 0.25) is 0 Å². The molecule has 8 heteroatoms. The number of benzene rings is 1. The Morgan fingerprint density at radius 1 is 1.25 bits per heavy atom. The number of hydrogen-bond donors (Lipinski definition) is 2. The predicted molar refractivity (Wildman–Crippen MR) is 101 cm³/mol. The van der Waals surface area contributed by atoms with Crippen molar-refractivity contribution in [1.29, 1.82) is 0 Å². The van der Waals surface area contributed by atoms with Crippen LogP contribution in [-0.4, -0.2) is 59.1 Å². The maximum Gasteiger partial charge on any atom is 0.255 e. The number of imide groups is 1. The lowest BCUT2D eigenvalue weighted by atomic mass is 9.97. The van der Waals surface area contributed by atoms with E-state index in [0.29, 0.717) is 24.4 Å². The van der Waals surface area contributed by atoms with Gasteiger partial charge in [0.05, 0.1) is 6.54 Å². The second-order valence-electron chi connectivity index (χ2n) is 7.66. The molecule has 3 aliphatic heterocycles. The topological polar surface area (TPSA) is 98.8 Å². The molecule has 28 heavy (non-hydrogen) atoms. The highest BCUT2D eigenvalue weighted by Crippen LogP contribution is 2.32. The van der Waals surface area contributed by atoms with Crippen molar-refractivity contribution in [1.82, 2.24) is 15.1 Å². The summed E-state index contributed by atoms with van der Waals surface area (Å²) >= 11 is 0. The summed E-state index contributed by atoms with van der Waals surface area (Å²) < 4.78 is 0. The molecule has 2 saturated heterocycles. The molecule has 0 radical (unpaired) electrons. The molecule has 1 aromatic carbocycles. The Morgan fingerprint density at radius 3 is 2.75 bits per heavy atom. The first kappa shape index (κ1) is 18.5. The standard InChI is InChI=1S/C20H24N4O4/c1-2-12-9-23(10-12)18(26)8-21-15-5-3-4-13-14(15)11-24(20(13)28)16-6-7-17(25)22-19(16)27/h3-5,12,16,21H,2,6-11H2,1H3,(H,22,25,27). The minimum atomic E-state index is -0.640. The van der Waals surface area contributed by atoms with Gasteiger partial charge in [0.15, 0.2) is 0 Å². The molecule has 1 unspecified atom stereocenters. The van der Waals surface area contributed by atoms with Crippen molar-refractivity contribution in [3.8, 4) is 0 Å². The van der Waals surface area contributed by atoms with E-state index in [9.17, 15) is 19.2 Å². The molecule has 0 aromatic heterocycles. The van der Waals surface area contributed by atoms with Crippen LogP contribution in [-0.2, 0) is 20.9 Å². The molecule has 0 aliphatic carbocycles. The number of hydrogen-bond acceptors (Lipinski definition) is 5. The summed E-state index contributed by atoms with van der Waals surface area (Å²) in [4.78, 5) is 52.0. The first-order valence-corrected chi connectivity index (χ1v) is 9.76. The summed E-state index contributed by atoms with van der Waals surface area (Å²) in [6.07, 6.45) is 1.64. The second-order valence-corrected chi connectivity index (χ2v) is 7.66. The Kier molecular flexibility index (Phi) is 4.78. The van der Waals surface area contributed by atoms with Gasteiger partial charge in [-0.3, -0.25) is 24.5 Å². The summed E-state index contributed by atoms with van der Waals surface area (Å²) in [5.74, 6) is -0.292. The average molecular weight is 384 g/mol. The smallest absolute Gasteiger partial charge is 0.255 e. The van der Waals surface area contributed by atoms with Crippen LogP contribution in [0.25, 0.3) is 0 Å². The summed E-state index contributed by atoms with van der Waals surface area (Å²) in [5, 5.41) is 5.47. The normalized spacial score (nSPS) is 22.0. The molecule has 8 nitrogen and oxygen atoms in total. The molecular weight excluding hydrogens is 360 g/mol. The lowest BCUT2D eigenvalue weighted by Crippen LogP contribution is -2.52. The van der Waals surface area contributed by atoms with Crippen molar-refractivity contribution in [2.45, 2.75) is 38.8 Å². The fraction of sp³-hybridized carbons (Fsp3) is 0.500. The van der Waals surface area contributed by atoms with Crippen LogP contribution in [0.15, 0.2) is 18.2 Å². The van der Waals surface area contributed by atoms with Crippen molar-refractivity contribution < 1.29 is 19.2 Å². The molecular formula is C20H24N4O4. The van der Waals surface area contributed by atoms with E-state index in [4.69, 9.17) is 0 Å². The number of carbonyl (C=O) groups is 4. The van der Waals surface area contributed by atoms with Crippen LogP contribution in [0.4, 0.5) is 5.69 Å². The van der Waals surface area contributed by atoms with Crippen LogP contribution in [0, 0.1) is 5.92 Å². The van der Waals surface area contributed by atoms with E-state index in [1.165, 1.54) is 4.90 Å². The Bertz CT molecular complexity index is 847. The second kappa shape index (κ2) is 7.26. The summed E-state index contributed by atoms with van der Waals surface area (Å²) in [7, 11) is 0. The lowest BCUT2D eigenvalue weighted by Gasteiger charge is -2.39. The van der Waals surface area contributed by atoms with Crippen molar-refractivity contribution in [2.24, 2.45) is 5.92 Å². The first-order valence-electron chi connectivity index (χ1n) is 9.76. The van der Waals surface area contributed by atoms with Gasteiger partial charge in [0.25, 0.3) is 5.91 Å². The van der Waals surface area contributed by atoms with E-state index < -0.39 is 11.9 Å². The predicted octanol–water partition coefficient (Wildman–Crippen LogP) is 0.728. The van der Waals surface area contributed by atoms with Gasteiger partial charge in [-0.05, 0) is 30.9 Å². The van der Waals surface area contributed by atoms with E-state index in [-0.39, 0.29) is 30.7 Å². The molecule has 3 aliphatic rings. The van der Waals surface area contributed by atoms with Crippen molar-refractivity contribution in [2.75, 3.05) is 25.0 Å². The highest BCUT2D eigenvalue weighted by atomic mass is 16.2. The molecule has 4 rings (SSSR count). The van der Waals surface area contributed by atoms with Crippen LogP contribution in [0.3, 0.4) is 0 Å². The molecule has 4 amide bonds. The lowest BCUT2D eigenvalue weighted by molar-refractivity contribution is -0.137. The monoisotopic (exact) mass is 384 g/mol. The van der Waals surface area contributed by atoms with E-state index in [2.05, 4.69) is 17.6 Å². The van der Waals surface area contributed by atoms with Gasteiger partial charge in [-0.25, -0.2) is 0 Å². The van der Waals surface area contributed by atoms with Crippen LogP contribution in [0.1, 0.15) is 42.1 Å². The van der Waals surface area contributed by atoms with Gasteiger partial charge >= 0.3 is 0 Å². The molecule has 0 saturated carbocycles. The Balaban J connectivity index is 1.43. The number of nitrogens with zero attached hydrogens (tertiary/aromatic N) is 2. The van der Waals surface area contributed by atoms with E-state index in [0.717, 1.165) is 30.8 Å². The maximum absolute atomic E-state index is 12.8. The SMILES string of the molecule is CCC1CN(C(=O)CNc2cccc3c2CN(C2CCC(=O)NC2=O)C3=O)C1. The molecule has 148 valence electrons.